The number of carbonyl (C=O) groups is 1. The van der Waals surface area contributed by atoms with Gasteiger partial charge in [0.2, 0.25) is 0 Å². The first-order valence-electron chi connectivity index (χ1n) is 6.29. The van der Waals surface area contributed by atoms with Crippen LogP contribution in [0, 0.1) is 6.92 Å². The molecule has 0 aromatic carbocycles. The fourth-order valence-electron chi connectivity index (χ4n) is 2.10. The van der Waals surface area contributed by atoms with Gasteiger partial charge >= 0.3 is 0 Å². The first kappa shape index (κ1) is 13.2. The Labute approximate surface area is 112 Å². The molecule has 1 saturated heterocycles. The lowest BCUT2D eigenvalue weighted by Gasteiger charge is -2.21. The lowest BCUT2D eigenvalue weighted by Crippen LogP contribution is -2.32. The van der Waals surface area contributed by atoms with E-state index in [1.54, 1.807) is 12.1 Å². The topological polar surface area (TPSA) is 68.0 Å². The largest absolute Gasteiger partial charge is 0.384 e. The Balaban J connectivity index is 1.90. The van der Waals surface area contributed by atoms with Crippen molar-refractivity contribution in [2.24, 2.45) is 0 Å². The van der Waals surface area contributed by atoms with E-state index in [1.165, 1.54) is 25.0 Å². The smallest absolute Gasteiger partial charge is 0.251 e. The number of nitrogens with two attached hydrogens (primary N) is 1. The summed E-state index contributed by atoms with van der Waals surface area (Å²) in [5.41, 5.74) is 7.01. The van der Waals surface area contributed by atoms with Crippen molar-refractivity contribution in [3.63, 3.8) is 0 Å². The minimum absolute atomic E-state index is 0.0571. The van der Waals surface area contributed by atoms with Crippen molar-refractivity contribution in [3.8, 4) is 0 Å². The van der Waals surface area contributed by atoms with Crippen molar-refractivity contribution in [1.29, 1.82) is 0 Å². The number of thioether (sulfide) groups is 1. The number of aromatic nitrogens is 1. The highest BCUT2D eigenvalue weighted by Gasteiger charge is 2.15. The summed E-state index contributed by atoms with van der Waals surface area (Å²) >= 11 is 1.95. The molecule has 3 N–H and O–H groups in total. The molecule has 0 spiro atoms. The number of nitrogens with one attached hydrogen (secondary N) is 1. The zero-order valence-electron chi connectivity index (χ0n) is 10.6. The average molecular weight is 265 g/mol. The Kier molecular flexibility index (Phi) is 4.47. The van der Waals surface area contributed by atoms with E-state index in [4.69, 9.17) is 5.73 Å². The highest BCUT2D eigenvalue weighted by atomic mass is 32.2. The molecule has 1 atom stereocenters. The van der Waals surface area contributed by atoms with Crippen LogP contribution in [0.3, 0.4) is 0 Å². The maximum atomic E-state index is 12.0. The van der Waals surface area contributed by atoms with Gasteiger partial charge in [0, 0.05) is 23.1 Å². The van der Waals surface area contributed by atoms with Crippen LogP contribution in [0.25, 0.3) is 0 Å². The predicted molar refractivity (Wildman–Crippen MR) is 75.8 cm³/mol. The summed E-state index contributed by atoms with van der Waals surface area (Å²) in [7, 11) is 0. The van der Waals surface area contributed by atoms with Crippen molar-refractivity contribution in [2.45, 2.75) is 31.4 Å². The zero-order chi connectivity index (χ0) is 13.0. The molecule has 1 aliphatic rings. The molecule has 1 aliphatic heterocycles. The van der Waals surface area contributed by atoms with Crippen LogP contribution in [0.4, 0.5) is 5.82 Å². The summed E-state index contributed by atoms with van der Waals surface area (Å²) in [6, 6.07) is 3.38. The highest BCUT2D eigenvalue weighted by Crippen LogP contribution is 2.24. The number of carbonyl (C=O) groups excluding carboxylic acids is 1. The average Bonchev–Trinajstić information content (AvgIpc) is 2.36. The van der Waals surface area contributed by atoms with Gasteiger partial charge < -0.3 is 11.1 Å². The number of hydrogen-bond acceptors (Lipinski definition) is 4. The van der Waals surface area contributed by atoms with Gasteiger partial charge in [0.1, 0.15) is 5.82 Å². The highest BCUT2D eigenvalue weighted by molar-refractivity contribution is 7.99. The van der Waals surface area contributed by atoms with Crippen LogP contribution in [-0.2, 0) is 0 Å². The molecule has 0 saturated carbocycles. The van der Waals surface area contributed by atoms with Gasteiger partial charge in [-0.1, -0.05) is 6.42 Å². The van der Waals surface area contributed by atoms with E-state index in [2.05, 4.69) is 10.3 Å². The number of nitrogen functional groups attached to an aromatic ring is 1. The molecular formula is C13H19N3OS. The van der Waals surface area contributed by atoms with Gasteiger partial charge in [0.05, 0.1) is 0 Å². The summed E-state index contributed by atoms with van der Waals surface area (Å²) in [5, 5.41) is 3.54. The van der Waals surface area contributed by atoms with Crippen molar-refractivity contribution in [2.75, 3.05) is 18.0 Å². The second-order valence-corrected chi connectivity index (χ2v) is 6.03. The first-order valence-corrected chi connectivity index (χ1v) is 7.34. The molecule has 4 nitrogen and oxygen atoms in total. The molecule has 0 radical (unpaired) electrons. The van der Waals surface area contributed by atoms with Gasteiger partial charge in [-0.3, -0.25) is 4.79 Å². The van der Waals surface area contributed by atoms with Crippen LogP contribution in [-0.4, -0.2) is 28.4 Å². The van der Waals surface area contributed by atoms with Gasteiger partial charge in [-0.15, -0.1) is 0 Å². The van der Waals surface area contributed by atoms with E-state index in [0.717, 1.165) is 12.2 Å². The minimum atomic E-state index is -0.0571. The van der Waals surface area contributed by atoms with Crippen LogP contribution in [0.5, 0.6) is 0 Å². The fraction of sp³-hybridized carbons (Fsp3) is 0.538. The molecule has 1 aromatic rings. The number of rotatable bonds is 3. The molecule has 1 unspecified atom stereocenters. The van der Waals surface area contributed by atoms with E-state index < -0.39 is 0 Å². The van der Waals surface area contributed by atoms with E-state index in [0.29, 0.717) is 16.6 Å². The summed E-state index contributed by atoms with van der Waals surface area (Å²) < 4.78 is 0. The lowest BCUT2D eigenvalue weighted by atomic mass is 10.1. The minimum Gasteiger partial charge on any atom is -0.384 e. The lowest BCUT2D eigenvalue weighted by molar-refractivity contribution is 0.0953. The van der Waals surface area contributed by atoms with Crippen LogP contribution in [0.15, 0.2) is 12.1 Å². The third-order valence-electron chi connectivity index (χ3n) is 3.00. The van der Waals surface area contributed by atoms with E-state index in [9.17, 15) is 4.79 Å². The molecule has 2 heterocycles. The Morgan fingerprint density at radius 1 is 1.56 bits per heavy atom. The van der Waals surface area contributed by atoms with E-state index >= 15 is 0 Å². The van der Waals surface area contributed by atoms with Gasteiger partial charge in [-0.05, 0) is 37.7 Å². The molecule has 98 valence electrons. The zero-order valence-corrected chi connectivity index (χ0v) is 11.4. The van der Waals surface area contributed by atoms with Crippen LogP contribution >= 0.6 is 11.8 Å². The van der Waals surface area contributed by atoms with Crippen molar-refractivity contribution in [1.82, 2.24) is 10.3 Å². The predicted octanol–water partition coefficient (Wildman–Crippen LogP) is 1.99. The normalized spacial score (nSPS) is 19.5. The summed E-state index contributed by atoms with van der Waals surface area (Å²) in [6.07, 6.45) is 3.77. The van der Waals surface area contributed by atoms with Crippen molar-refractivity contribution in [3.05, 3.63) is 23.4 Å². The maximum Gasteiger partial charge on any atom is 0.251 e. The Morgan fingerprint density at radius 3 is 3.06 bits per heavy atom. The van der Waals surface area contributed by atoms with Gasteiger partial charge in [0.25, 0.3) is 5.91 Å². The number of nitrogens with zero attached hydrogens (tertiary/aromatic N) is 1. The molecule has 1 aromatic heterocycles. The molecular weight excluding hydrogens is 246 g/mol. The maximum absolute atomic E-state index is 12.0. The first-order chi connectivity index (χ1) is 8.65. The molecule has 5 heteroatoms. The summed E-state index contributed by atoms with van der Waals surface area (Å²) in [5.74, 6) is 1.55. The number of aryl methyl sites for hydroxylation is 1. The molecule has 0 bridgehead atoms. The molecule has 2 rings (SSSR count). The van der Waals surface area contributed by atoms with Crippen LogP contribution < -0.4 is 11.1 Å². The third-order valence-corrected chi connectivity index (χ3v) is 4.40. The van der Waals surface area contributed by atoms with Crippen molar-refractivity contribution >= 4 is 23.5 Å². The molecule has 0 aliphatic carbocycles. The monoisotopic (exact) mass is 265 g/mol. The van der Waals surface area contributed by atoms with Crippen molar-refractivity contribution < 1.29 is 4.79 Å². The number of amides is 1. The van der Waals surface area contributed by atoms with Gasteiger partial charge in [-0.25, -0.2) is 4.98 Å². The Bertz CT molecular complexity index is 410. The third kappa shape index (κ3) is 3.63. The standard InChI is InChI=1S/C13H19N3OS/c1-9-6-10(7-12(14)16-9)13(17)15-8-11-4-2-3-5-18-11/h6-7,11H,2-5,8H2,1H3,(H2,14,16)(H,15,17). The van der Waals surface area contributed by atoms with E-state index in [1.807, 2.05) is 18.7 Å². The summed E-state index contributed by atoms with van der Waals surface area (Å²) in [4.78, 5) is 16.0. The number of pyridine rings is 1. The SMILES string of the molecule is Cc1cc(C(=O)NCC2CCCCS2)cc(N)n1. The van der Waals surface area contributed by atoms with Crippen LogP contribution in [0.1, 0.15) is 35.3 Å². The van der Waals surface area contributed by atoms with E-state index in [-0.39, 0.29) is 5.91 Å². The quantitative estimate of drug-likeness (QED) is 0.877. The molecule has 1 fully saturated rings. The number of anilines is 1. The Morgan fingerprint density at radius 2 is 2.39 bits per heavy atom. The molecule has 1 amide bonds. The summed E-state index contributed by atoms with van der Waals surface area (Å²) in [6.45, 7) is 2.58. The van der Waals surface area contributed by atoms with Gasteiger partial charge in [-0.2, -0.15) is 11.8 Å². The van der Waals surface area contributed by atoms with Crippen LogP contribution in [0.2, 0.25) is 0 Å². The molecule has 18 heavy (non-hydrogen) atoms. The van der Waals surface area contributed by atoms with Gasteiger partial charge in [0.15, 0.2) is 0 Å². The second-order valence-electron chi connectivity index (χ2n) is 4.62. The fourth-order valence-corrected chi connectivity index (χ4v) is 3.34. The second kappa shape index (κ2) is 6.09. The number of hydrogen-bond donors (Lipinski definition) is 2. The Hall–Kier alpha value is -1.23.